The fourth-order valence-electron chi connectivity index (χ4n) is 6.10. The lowest BCUT2D eigenvalue weighted by atomic mass is 9.44. The highest BCUT2D eigenvalue weighted by Crippen LogP contribution is 2.64. The molecule has 0 aromatic carbocycles. The van der Waals surface area contributed by atoms with E-state index in [9.17, 15) is 0 Å². The van der Waals surface area contributed by atoms with Gasteiger partial charge in [-0.1, -0.05) is 34.1 Å². The minimum absolute atomic E-state index is 0.172. The van der Waals surface area contributed by atoms with E-state index < -0.39 is 0 Å². The van der Waals surface area contributed by atoms with Crippen molar-refractivity contribution in [2.24, 2.45) is 28.6 Å². The highest BCUT2D eigenvalue weighted by molar-refractivity contribution is 5.09. The fourth-order valence-corrected chi connectivity index (χ4v) is 6.10. The molecular weight excluding hydrogens is 232 g/mol. The maximum absolute atomic E-state index is 6.36. The van der Waals surface area contributed by atoms with Crippen molar-refractivity contribution in [3.05, 3.63) is 0 Å². The number of hydrogen-bond donors (Lipinski definition) is 0. The van der Waals surface area contributed by atoms with Crippen molar-refractivity contribution in [3.8, 4) is 0 Å². The van der Waals surface area contributed by atoms with Crippen LogP contribution in [0.5, 0.6) is 0 Å². The summed E-state index contributed by atoms with van der Waals surface area (Å²) >= 11 is 0. The minimum atomic E-state index is 0.172. The van der Waals surface area contributed by atoms with Crippen LogP contribution < -0.4 is 0 Å². The van der Waals surface area contributed by atoms with Crippen molar-refractivity contribution in [1.29, 1.82) is 0 Å². The Balaban J connectivity index is 1.96. The maximum atomic E-state index is 6.36. The largest absolute Gasteiger partial charge is 0.375 e. The highest BCUT2D eigenvalue weighted by Gasteiger charge is 2.59. The van der Waals surface area contributed by atoms with Gasteiger partial charge in [-0.3, -0.25) is 0 Å². The molecule has 0 spiro atoms. The molecule has 0 aromatic rings. The van der Waals surface area contributed by atoms with Gasteiger partial charge in [-0.05, 0) is 67.6 Å². The molecule has 19 heavy (non-hydrogen) atoms. The molecule has 0 bridgehead atoms. The topological polar surface area (TPSA) is 9.23 Å². The zero-order chi connectivity index (χ0) is 13.9. The molecule has 2 saturated carbocycles. The van der Waals surface area contributed by atoms with Crippen LogP contribution in [0.15, 0.2) is 0 Å². The summed E-state index contributed by atoms with van der Waals surface area (Å²) in [6.07, 6.45) is 8.32. The Morgan fingerprint density at radius 2 is 1.68 bits per heavy atom. The molecule has 5 atom stereocenters. The van der Waals surface area contributed by atoms with Crippen molar-refractivity contribution in [1.82, 2.24) is 0 Å². The molecule has 1 heteroatoms. The fraction of sp³-hybridized carbons (Fsp3) is 1.00. The van der Waals surface area contributed by atoms with Crippen molar-refractivity contribution in [3.63, 3.8) is 0 Å². The van der Waals surface area contributed by atoms with Crippen LogP contribution in [-0.4, -0.2) is 12.2 Å². The second-order valence-electron chi connectivity index (χ2n) is 8.96. The number of ether oxygens (including phenoxy) is 1. The van der Waals surface area contributed by atoms with Crippen LogP contribution in [0.4, 0.5) is 0 Å². The molecule has 2 aliphatic carbocycles. The van der Waals surface area contributed by atoms with Crippen molar-refractivity contribution < 1.29 is 4.74 Å². The lowest BCUT2D eigenvalue weighted by molar-refractivity contribution is -0.223. The molecule has 3 rings (SSSR count). The Hall–Kier alpha value is -0.0400. The molecule has 0 radical (unpaired) electrons. The van der Waals surface area contributed by atoms with Crippen molar-refractivity contribution in [2.45, 2.75) is 78.7 Å². The van der Waals surface area contributed by atoms with Gasteiger partial charge in [0.15, 0.2) is 0 Å². The molecule has 0 amide bonds. The number of rotatable bonds is 0. The predicted octanol–water partition coefficient (Wildman–Crippen LogP) is 5.04. The Bertz CT molecular complexity index is 361. The molecule has 0 N–H and O–H groups in total. The molecule has 1 nitrogen and oxygen atoms in total. The third kappa shape index (κ3) is 1.99. The Kier molecular flexibility index (Phi) is 3.10. The molecule has 1 heterocycles. The van der Waals surface area contributed by atoms with Gasteiger partial charge in [0.2, 0.25) is 0 Å². The van der Waals surface area contributed by atoms with E-state index in [0.717, 1.165) is 24.4 Å². The maximum Gasteiger partial charge on any atom is 0.0688 e. The van der Waals surface area contributed by atoms with Crippen LogP contribution in [0, 0.1) is 28.6 Å². The molecular formula is C18H32O. The van der Waals surface area contributed by atoms with E-state index in [1.807, 2.05) is 0 Å². The van der Waals surface area contributed by atoms with E-state index in [-0.39, 0.29) is 5.60 Å². The van der Waals surface area contributed by atoms with E-state index in [0.29, 0.717) is 10.8 Å². The van der Waals surface area contributed by atoms with Crippen LogP contribution in [0.1, 0.15) is 73.1 Å². The van der Waals surface area contributed by atoms with Crippen LogP contribution in [-0.2, 0) is 4.74 Å². The molecule has 3 fully saturated rings. The van der Waals surface area contributed by atoms with E-state index in [1.165, 1.54) is 38.5 Å². The van der Waals surface area contributed by atoms with Gasteiger partial charge in [-0.2, -0.15) is 0 Å². The quantitative estimate of drug-likeness (QED) is 0.595. The van der Waals surface area contributed by atoms with Crippen LogP contribution >= 0.6 is 0 Å². The molecule has 110 valence electrons. The van der Waals surface area contributed by atoms with Crippen LogP contribution in [0.25, 0.3) is 0 Å². The van der Waals surface area contributed by atoms with E-state index in [1.54, 1.807) is 0 Å². The van der Waals surface area contributed by atoms with Gasteiger partial charge in [-0.15, -0.1) is 0 Å². The average Bonchev–Trinajstić information content (AvgIpc) is 2.30. The lowest BCUT2D eigenvalue weighted by Gasteiger charge is -2.64. The minimum Gasteiger partial charge on any atom is -0.375 e. The second kappa shape index (κ2) is 4.23. The lowest BCUT2D eigenvalue weighted by Crippen LogP contribution is -2.60. The summed E-state index contributed by atoms with van der Waals surface area (Å²) in [7, 11) is 0. The van der Waals surface area contributed by atoms with E-state index in [2.05, 4.69) is 34.6 Å². The first-order valence-electron chi connectivity index (χ1n) is 8.42. The van der Waals surface area contributed by atoms with Crippen molar-refractivity contribution in [2.75, 3.05) is 6.61 Å². The van der Waals surface area contributed by atoms with Crippen LogP contribution in [0.2, 0.25) is 0 Å². The summed E-state index contributed by atoms with van der Waals surface area (Å²) in [5.74, 6) is 2.43. The van der Waals surface area contributed by atoms with Gasteiger partial charge in [0.25, 0.3) is 0 Å². The van der Waals surface area contributed by atoms with E-state index >= 15 is 0 Å². The second-order valence-corrected chi connectivity index (χ2v) is 8.96. The average molecular weight is 264 g/mol. The molecule has 3 aliphatic rings. The van der Waals surface area contributed by atoms with Gasteiger partial charge in [0, 0.05) is 6.61 Å². The van der Waals surface area contributed by atoms with Gasteiger partial charge >= 0.3 is 0 Å². The number of fused-ring (bicyclic) bond motifs is 3. The van der Waals surface area contributed by atoms with Gasteiger partial charge in [-0.25, -0.2) is 0 Å². The third-order valence-electron chi connectivity index (χ3n) is 7.07. The Morgan fingerprint density at radius 1 is 0.947 bits per heavy atom. The van der Waals surface area contributed by atoms with Gasteiger partial charge in [0.05, 0.1) is 5.60 Å². The summed E-state index contributed by atoms with van der Waals surface area (Å²) < 4.78 is 6.36. The molecule has 1 aliphatic heterocycles. The van der Waals surface area contributed by atoms with Gasteiger partial charge < -0.3 is 4.74 Å². The monoisotopic (exact) mass is 264 g/mol. The Morgan fingerprint density at radius 3 is 2.42 bits per heavy atom. The smallest absolute Gasteiger partial charge is 0.0688 e. The van der Waals surface area contributed by atoms with Crippen molar-refractivity contribution >= 4 is 0 Å². The molecule has 0 unspecified atom stereocenters. The zero-order valence-corrected chi connectivity index (χ0v) is 13.6. The summed E-state index contributed by atoms with van der Waals surface area (Å²) in [5.41, 5.74) is 1.23. The first-order chi connectivity index (χ1) is 8.78. The standard InChI is InChI=1S/C18H32O/c1-13-11-15-17(4)9-6-8-16(2,3)14(17)7-10-18(15,5)19-12-13/h13-15H,6-12H2,1-5H3/t13-,14+,15-,17+,18+/m1/s1. The first-order valence-corrected chi connectivity index (χ1v) is 8.42. The normalized spacial score (nSPS) is 53.2. The third-order valence-corrected chi connectivity index (χ3v) is 7.07. The van der Waals surface area contributed by atoms with E-state index in [4.69, 9.17) is 4.74 Å². The van der Waals surface area contributed by atoms with Crippen LogP contribution in [0.3, 0.4) is 0 Å². The summed E-state index contributed by atoms with van der Waals surface area (Å²) in [5, 5.41) is 0. The zero-order valence-electron chi connectivity index (χ0n) is 13.6. The summed E-state index contributed by atoms with van der Waals surface area (Å²) in [6, 6.07) is 0. The molecule has 0 aromatic heterocycles. The summed E-state index contributed by atoms with van der Waals surface area (Å²) in [6.45, 7) is 13.4. The number of hydrogen-bond acceptors (Lipinski definition) is 1. The predicted molar refractivity (Wildman–Crippen MR) is 80.1 cm³/mol. The highest BCUT2D eigenvalue weighted by atomic mass is 16.5. The molecule has 1 saturated heterocycles. The summed E-state index contributed by atoms with van der Waals surface area (Å²) in [4.78, 5) is 0. The Labute approximate surface area is 119 Å². The SMILES string of the molecule is C[C@H]1CO[C@@]2(C)CC[C@H]3C(C)(C)CCC[C@]3(C)[C@H]2C1. The van der Waals surface area contributed by atoms with Gasteiger partial charge in [0.1, 0.15) is 0 Å². The first kappa shape index (κ1) is 13.9.